The molecule has 1 aliphatic heterocycles. The molecule has 0 fully saturated rings. The van der Waals surface area contributed by atoms with Crippen LogP contribution in [-0.2, 0) is 19.8 Å². The molecule has 1 aliphatic rings. The number of nitrogens with zero attached hydrogens (tertiary/aromatic N) is 3. The van der Waals surface area contributed by atoms with E-state index in [4.69, 9.17) is 9.47 Å². The zero-order valence-corrected chi connectivity index (χ0v) is 20.1. The summed E-state index contributed by atoms with van der Waals surface area (Å²) in [6.45, 7) is 11.7. The number of esters is 1. The Bertz CT molecular complexity index is 1020. The van der Waals surface area contributed by atoms with E-state index in [2.05, 4.69) is 10.3 Å². The summed E-state index contributed by atoms with van der Waals surface area (Å²) in [4.78, 5) is 54.4. The number of amides is 2. The van der Waals surface area contributed by atoms with Gasteiger partial charge in [0.05, 0.1) is 22.4 Å². The Hall–Kier alpha value is -3.50. The van der Waals surface area contributed by atoms with Crippen molar-refractivity contribution in [3.63, 3.8) is 0 Å². The minimum absolute atomic E-state index is 0.0377. The fourth-order valence-electron chi connectivity index (χ4n) is 3.14. The molecule has 1 aromatic carbocycles. The molecule has 0 aromatic heterocycles. The van der Waals surface area contributed by atoms with Crippen molar-refractivity contribution in [2.45, 2.75) is 71.6 Å². The molecule has 1 N–H and O–H groups in total. The van der Waals surface area contributed by atoms with Gasteiger partial charge in [0.25, 0.3) is 5.69 Å². The van der Waals surface area contributed by atoms with E-state index in [1.54, 1.807) is 48.5 Å². The molecule has 0 saturated carbocycles. The van der Waals surface area contributed by atoms with E-state index >= 15 is 0 Å². The third-order valence-corrected chi connectivity index (χ3v) is 4.57. The largest absolute Gasteiger partial charge is 0.456 e. The van der Waals surface area contributed by atoms with Crippen molar-refractivity contribution in [1.29, 1.82) is 0 Å². The monoisotopic (exact) mass is 462 g/mol. The van der Waals surface area contributed by atoms with Gasteiger partial charge in [-0.3, -0.25) is 25.1 Å². The number of alkyl carbamates (subject to hydrolysis) is 1. The number of rotatable bonds is 3. The third kappa shape index (κ3) is 6.50. The lowest BCUT2D eigenvalue weighted by Crippen LogP contribution is -2.52. The summed E-state index contributed by atoms with van der Waals surface area (Å²) >= 11 is 0. The highest BCUT2D eigenvalue weighted by atomic mass is 16.6. The molecule has 0 aliphatic carbocycles. The van der Waals surface area contributed by atoms with Crippen LogP contribution < -0.4 is 5.32 Å². The highest BCUT2D eigenvalue weighted by Gasteiger charge is 2.41. The molecule has 1 atom stereocenters. The average molecular weight is 463 g/mol. The predicted octanol–water partition coefficient (Wildman–Crippen LogP) is 3.51. The number of nitrogens with one attached hydrogen (secondary N) is 1. The Morgan fingerprint density at radius 2 is 1.73 bits per heavy atom. The first-order valence-corrected chi connectivity index (χ1v) is 10.3. The summed E-state index contributed by atoms with van der Waals surface area (Å²) in [7, 11) is 1.43. The Labute approximate surface area is 192 Å². The first kappa shape index (κ1) is 25.8. The van der Waals surface area contributed by atoms with Crippen LogP contribution >= 0.6 is 0 Å². The van der Waals surface area contributed by atoms with Crippen molar-refractivity contribution >= 4 is 29.6 Å². The maximum atomic E-state index is 12.9. The molecule has 1 aromatic rings. The van der Waals surface area contributed by atoms with Gasteiger partial charge in [-0.25, -0.2) is 14.6 Å². The summed E-state index contributed by atoms with van der Waals surface area (Å²) in [5.74, 6) is -1.23. The normalized spacial score (nSPS) is 19.0. The van der Waals surface area contributed by atoms with Gasteiger partial charge in [0.2, 0.25) is 11.9 Å². The summed E-state index contributed by atoms with van der Waals surface area (Å²) < 4.78 is 10.7. The number of aliphatic imine (C=N–C) groups is 1. The van der Waals surface area contributed by atoms with Crippen molar-refractivity contribution in [3.8, 4) is 0 Å². The van der Waals surface area contributed by atoms with Crippen LogP contribution in [0.15, 0.2) is 23.2 Å². The Morgan fingerprint density at radius 1 is 1.15 bits per heavy atom. The van der Waals surface area contributed by atoms with E-state index in [1.165, 1.54) is 25.2 Å². The predicted molar refractivity (Wildman–Crippen MR) is 120 cm³/mol. The van der Waals surface area contributed by atoms with Gasteiger partial charge in [-0.15, -0.1) is 0 Å². The van der Waals surface area contributed by atoms with Crippen LogP contribution in [0.5, 0.6) is 0 Å². The number of guanidine groups is 1. The van der Waals surface area contributed by atoms with Crippen LogP contribution in [0, 0.1) is 10.1 Å². The first-order chi connectivity index (χ1) is 14.9. The lowest BCUT2D eigenvalue weighted by molar-refractivity contribution is -0.385. The molecule has 1 heterocycles. The van der Waals surface area contributed by atoms with Crippen LogP contribution in [0.2, 0.25) is 0 Å². The van der Waals surface area contributed by atoms with Gasteiger partial charge in [-0.1, -0.05) is 0 Å². The summed E-state index contributed by atoms with van der Waals surface area (Å²) in [6, 6.07) is 3.67. The second kappa shape index (κ2) is 8.80. The van der Waals surface area contributed by atoms with E-state index in [9.17, 15) is 24.5 Å². The van der Waals surface area contributed by atoms with Crippen molar-refractivity contribution in [2.75, 3.05) is 7.05 Å². The second-order valence-electron chi connectivity index (χ2n) is 9.95. The average Bonchev–Trinajstić information content (AvgIpc) is 2.62. The highest BCUT2D eigenvalue weighted by molar-refractivity contribution is 6.05. The molecule has 0 radical (unpaired) electrons. The standard InChI is InChI=1S/C22H30N4O7/c1-20(2,3)32-17(28)14-10-9-13(26(30)31)11-15(14)22(7)12-16(27)25(8)18(24-22)23-19(29)33-21(4,5)6/h9-11H,12H2,1-8H3,(H,23,24,29)/t22-/m0/s1. The Balaban J connectivity index is 2.61. The molecule has 33 heavy (non-hydrogen) atoms. The van der Waals surface area contributed by atoms with Crippen molar-refractivity contribution in [2.24, 2.45) is 4.99 Å². The molecule has 0 bridgehead atoms. The zero-order chi connectivity index (χ0) is 25.4. The van der Waals surface area contributed by atoms with Gasteiger partial charge in [0.15, 0.2) is 0 Å². The maximum Gasteiger partial charge on any atom is 0.414 e. The molecular weight excluding hydrogens is 432 g/mol. The number of hydrogen-bond donors (Lipinski definition) is 1. The first-order valence-electron chi connectivity index (χ1n) is 10.3. The quantitative estimate of drug-likeness (QED) is 0.412. The van der Waals surface area contributed by atoms with Crippen LogP contribution in [0.25, 0.3) is 0 Å². The number of hydrogen-bond acceptors (Lipinski definition) is 8. The van der Waals surface area contributed by atoms with Crippen LogP contribution in [0.1, 0.15) is 70.8 Å². The van der Waals surface area contributed by atoms with E-state index in [-0.39, 0.29) is 29.2 Å². The molecule has 180 valence electrons. The third-order valence-electron chi connectivity index (χ3n) is 4.57. The van der Waals surface area contributed by atoms with Gasteiger partial charge in [-0.05, 0) is 54.5 Å². The smallest absolute Gasteiger partial charge is 0.414 e. The molecule has 2 rings (SSSR count). The fourth-order valence-corrected chi connectivity index (χ4v) is 3.14. The zero-order valence-electron chi connectivity index (χ0n) is 20.1. The van der Waals surface area contributed by atoms with Gasteiger partial charge in [-0.2, -0.15) is 0 Å². The minimum atomic E-state index is -1.40. The number of non-ortho nitro benzene ring substituents is 1. The summed E-state index contributed by atoms with van der Waals surface area (Å²) in [5, 5.41) is 13.9. The fraction of sp³-hybridized carbons (Fsp3) is 0.545. The maximum absolute atomic E-state index is 12.9. The molecule has 11 heteroatoms. The van der Waals surface area contributed by atoms with Crippen LogP contribution in [0.4, 0.5) is 10.5 Å². The lowest BCUT2D eigenvalue weighted by Gasteiger charge is -2.36. The minimum Gasteiger partial charge on any atom is -0.456 e. The van der Waals surface area contributed by atoms with Gasteiger partial charge < -0.3 is 9.47 Å². The van der Waals surface area contributed by atoms with Gasteiger partial charge >= 0.3 is 12.1 Å². The van der Waals surface area contributed by atoms with Crippen LogP contribution in [-0.4, -0.2) is 52.0 Å². The van der Waals surface area contributed by atoms with E-state index in [1.807, 2.05) is 0 Å². The van der Waals surface area contributed by atoms with Crippen LogP contribution in [0.3, 0.4) is 0 Å². The van der Waals surface area contributed by atoms with Crippen molar-refractivity contribution < 1.29 is 28.8 Å². The second-order valence-corrected chi connectivity index (χ2v) is 9.95. The Morgan fingerprint density at radius 3 is 2.24 bits per heavy atom. The van der Waals surface area contributed by atoms with Crippen molar-refractivity contribution in [1.82, 2.24) is 10.2 Å². The molecule has 0 saturated heterocycles. The number of ether oxygens (including phenoxy) is 2. The number of carbonyl (C=O) groups is 3. The topological polar surface area (TPSA) is 140 Å². The lowest BCUT2D eigenvalue weighted by atomic mass is 9.84. The molecule has 11 nitrogen and oxygen atoms in total. The number of benzene rings is 1. The van der Waals surface area contributed by atoms with E-state index < -0.39 is 39.6 Å². The van der Waals surface area contributed by atoms with E-state index in [0.717, 1.165) is 4.90 Å². The number of nitro groups is 1. The number of nitro benzene ring substituents is 1. The molecule has 0 unspecified atom stereocenters. The van der Waals surface area contributed by atoms with Crippen molar-refractivity contribution in [3.05, 3.63) is 39.4 Å². The molecular formula is C22H30N4O7. The SMILES string of the molecule is CN1C(=O)C[C@@](C)(c2cc([N+](=O)[O-])ccc2C(=O)OC(C)(C)C)N=C1NC(=O)OC(C)(C)C. The summed E-state index contributed by atoms with van der Waals surface area (Å²) in [6.07, 6.45) is -1.02. The number of carbonyl (C=O) groups excluding carboxylic acids is 3. The summed E-state index contributed by atoms with van der Waals surface area (Å²) in [5.41, 5.74) is -3.10. The molecule has 0 spiro atoms. The highest BCUT2D eigenvalue weighted by Crippen LogP contribution is 2.37. The molecule has 2 amide bonds. The van der Waals surface area contributed by atoms with E-state index in [0.29, 0.717) is 0 Å². The van der Waals surface area contributed by atoms with Gasteiger partial charge in [0.1, 0.15) is 11.2 Å². The van der Waals surface area contributed by atoms with Gasteiger partial charge in [0, 0.05) is 24.7 Å². The Kier molecular flexibility index (Phi) is 6.87.